The van der Waals surface area contributed by atoms with Crippen molar-refractivity contribution in [2.24, 2.45) is 5.92 Å². The molecule has 128 valence electrons. The summed E-state index contributed by atoms with van der Waals surface area (Å²) < 4.78 is 0. The number of fused-ring (bicyclic) bond motifs is 3. The Labute approximate surface area is 151 Å². The molecule has 3 heterocycles. The molecule has 0 aromatic carbocycles. The fourth-order valence-corrected chi connectivity index (χ4v) is 6.02. The molecule has 0 spiro atoms. The maximum Gasteiger partial charge on any atom is 0.235 e. The number of rotatable bonds is 3. The summed E-state index contributed by atoms with van der Waals surface area (Å²) in [6, 6.07) is 0. The Balaban J connectivity index is 1.54. The van der Waals surface area contributed by atoms with Gasteiger partial charge in [0.25, 0.3) is 0 Å². The molecule has 0 N–H and O–H groups in total. The summed E-state index contributed by atoms with van der Waals surface area (Å²) in [5.41, 5.74) is 1.43. The number of hydrogen-bond acceptors (Lipinski definition) is 5. The molecule has 2 aromatic rings. The maximum atomic E-state index is 12.8. The quantitative estimate of drug-likeness (QED) is 0.614. The van der Waals surface area contributed by atoms with Crippen LogP contribution in [0, 0.1) is 5.92 Å². The molecule has 1 atom stereocenters. The fraction of sp³-hybridized carbons (Fsp3) is 0.611. The van der Waals surface area contributed by atoms with Gasteiger partial charge in [-0.2, -0.15) is 0 Å². The summed E-state index contributed by atoms with van der Waals surface area (Å²) >= 11 is 3.42. The lowest BCUT2D eigenvalue weighted by Gasteiger charge is -2.32. The lowest BCUT2D eigenvalue weighted by atomic mass is 9.99. The summed E-state index contributed by atoms with van der Waals surface area (Å²) in [6.45, 7) is 6.09. The largest absolute Gasteiger partial charge is 0.342 e. The molecule has 2 aliphatic rings. The maximum absolute atomic E-state index is 12.8. The van der Waals surface area contributed by atoms with E-state index in [4.69, 9.17) is 0 Å². The van der Waals surface area contributed by atoms with Crippen molar-refractivity contribution in [3.8, 4) is 0 Å². The topological polar surface area (TPSA) is 46.1 Å². The molecule has 4 rings (SSSR count). The minimum atomic E-state index is -0.0894. The van der Waals surface area contributed by atoms with Gasteiger partial charge in [-0.3, -0.25) is 4.79 Å². The van der Waals surface area contributed by atoms with Gasteiger partial charge in [0.15, 0.2) is 0 Å². The number of nitrogens with zero attached hydrogens (tertiary/aromatic N) is 3. The number of carbonyl (C=O) groups is 1. The molecule has 0 bridgehead atoms. The first-order chi connectivity index (χ1) is 11.6. The molecule has 1 saturated heterocycles. The molecule has 2 aromatic heterocycles. The number of thioether (sulfide) groups is 1. The van der Waals surface area contributed by atoms with Gasteiger partial charge in [-0.05, 0) is 50.5 Å². The van der Waals surface area contributed by atoms with Crippen LogP contribution in [0.5, 0.6) is 0 Å². The number of carbonyl (C=O) groups excluding carboxylic acids is 1. The molecule has 24 heavy (non-hydrogen) atoms. The standard InChI is InChI=1S/C18H23N3OS2/c1-11-6-8-21(9-7-11)18(22)12(2)23-16-15-13-4-3-5-14(13)24-17(15)20-10-19-16/h10-12H,3-9H2,1-2H3/t12-/m1/s1. The van der Waals surface area contributed by atoms with Gasteiger partial charge in [0.1, 0.15) is 16.2 Å². The van der Waals surface area contributed by atoms with Gasteiger partial charge < -0.3 is 4.90 Å². The van der Waals surface area contributed by atoms with E-state index in [1.54, 1.807) is 29.4 Å². The Morgan fingerprint density at radius 1 is 1.33 bits per heavy atom. The highest BCUT2D eigenvalue weighted by Crippen LogP contribution is 2.41. The Hall–Kier alpha value is -1.14. The molecular weight excluding hydrogens is 338 g/mol. The van der Waals surface area contributed by atoms with Crippen LogP contribution in [0.4, 0.5) is 0 Å². The van der Waals surface area contributed by atoms with Crippen LogP contribution in [0.2, 0.25) is 0 Å². The molecule has 0 radical (unpaired) electrons. The van der Waals surface area contributed by atoms with Gasteiger partial charge in [0.05, 0.1) is 5.25 Å². The van der Waals surface area contributed by atoms with Gasteiger partial charge in [-0.25, -0.2) is 9.97 Å². The normalized spacial score (nSPS) is 19.7. The van der Waals surface area contributed by atoms with E-state index in [1.165, 1.54) is 28.7 Å². The highest BCUT2D eigenvalue weighted by atomic mass is 32.2. The molecular formula is C18H23N3OS2. The molecule has 1 aliphatic carbocycles. The minimum absolute atomic E-state index is 0.0894. The first-order valence-corrected chi connectivity index (χ1v) is 10.5. The summed E-state index contributed by atoms with van der Waals surface area (Å²) in [5.74, 6) is 0.998. The zero-order valence-corrected chi connectivity index (χ0v) is 15.9. The average Bonchev–Trinajstić information content (AvgIpc) is 3.16. The summed E-state index contributed by atoms with van der Waals surface area (Å²) in [6.07, 6.45) is 7.42. The molecule has 4 nitrogen and oxygen atoms in total. The average molecular weight is 362 g/mol. The van der Waals surface area contributed by atoms with E-state index >= 15 is 0 Å². The third kappa shape index (κ3) is 2.94. The number of aryl methyl sites for hydroxylation is 2. The van der Waals surface area contributed by atoms with Crippen LogP contribution in [-0.2, 0) is 17.6 Å². The number of amides is 1. The van der Waals surface area contributed by atoms with Crippen molar-refractivity contribution in [3.63, 3.8) is 0 Å². The van der Waals surface area contributed by atoms with Crippen molar-refractivity contribution in [2.45, 2.75) is 56.2 Å². The second-order valence-corrected chi connectivity index (χ2v) is 9.40. The van der Waals surface area contributed by atoms with E-state index in [-0.39, 0.29) is 11.2 Å². The van der Waals surface area contributed by atoms with Crippen molar-refractivity contribution in [3.05, 3.63) is 16.8 Å². The zero-order chi connectivity index (χ0) is 16.7. The van der Waals surface area contributed by atoms with Crippen LogP contribution >= 0.6 is 23.1 Å². The predicted molar refractivity (Wildman–Crippen MR) is 99.7 cm³/mol. The van der Waals surface area contributed by atoms with Crippen molar-refractivity contribution in [2.75, 3.05) is 13.1 Å². The molecule has 1 amide bonds. The van der Waals surface area contributed by atoms with Crippen molar-refractivity contribution >= 4 is 39.2 Å². The summed E-state index contributed by atoms with van der Waals surface area (Å²) in [5, 5.41) is 2.12. The van der Waals surface area contributed by atoms with Crippen molar-refractivity contribution < 1.29 is 4.79 Å². The Morgan fingerprint density at radius 2 is 2.12 bits per heavy atom. The van der Waals surface area contributed by atoms with Crippen LogP contribution < -0.4 is 0 Å². The number of aromatic nitrogens is 2. The van der Waals surface area contributed by atoms with Gasteiger partial charge >= 0.3 is 0 Å². The van der Waals surface area contributed by atoms with Crippen LogP contribution in [-0.4, -0.2) is 39.1 Å². The number of hydrogen-bond donors (Lipinski definition) is 0. The fourth-order valence-electron chi connectivity index (χ4n) is 3.69. The van der Waals surface area contributed by atoms with Crippen LogP contribution in [0.15, 0.2) is 11.4 Å². The summed E-state index contributed by atoms with van der Waals surface area (Å²) in [7, 11) is 0. The minimum Gasteiger partial charge on any atom is -0.342 e. The summed E-state index contributed by atoms with van der Waals surface area (Å²) in [4.78, 5) is 26.4. The third-order valence-electron chi connectivity index (χ3n) is 5.20. The first kappa shape index (κ1) is 16.3. The van der Waals surface area contributed by atoms with E-state index in [9.17, 15) is 4.79 Å². The molecule has 0 unspecified atom stereocenters. The zero-order valence-electron chi connectivity index (χ0n) is 14.2. The number of thiophene rings is 1. The first-order valence-electron chi connectivity index (χ1n) is 8.84. The van der Waals surface area contributed by atoms with Crippen LogP contribution in [0.1, 0.15) is 43.6 Å². The molecule has 1 aliphatic heterocycles. The van der Waals surface area contributed by atoms with E-state index in [1.807, 2.05) is 11.8 Å². The van der Waals surface area contributed by atoms with Crippen molar-refractivity contribution in [1.29, 1.82) is 0 Å². The molecule has 1 fully saturated rings. The lowest BCUT2D eigenvalue weighted by molar-refractivity contribution is -0.131. The van der Waals surface area contributed by atoms with E-state index in [2.05, 4.69) is 16.9 Å². The molecule has 6 heteroatoms. The highest BCUT2D eigenvalue weighted by Gasteiger charge is 2.27. The van der Waals surface area contributed by atoms with Gasteiger partial charge in [0, 0.05) is 23.4 Å². The Bertz CT molecular complexity index is 765. The van der Waals surface area contributed by atoms with E-state index in [0.29, 0.717) is 0 Å². The van der Waals surface area contributed by atoms with Crippen molar-refractivity contribution in [1.82, 2.24) is 14.9 Å². The smallest absolute Gasteiger partial charge is 0.235 e. The van der Waals surface area contributed by atoms with Crippen LogP contribution in [0.25, 0.3) is 10.2 Å². The number of likely N-dealkylation sites (tertiary alicyclic amines) is 1. The van der Waals surface area contributed by atoms with Gasteiger partial charge in [-0.15, -0.1) is 11.3 Å². The Morgan fingerprint density at radius 3 is 2.92 bits per heavy atom. The SMILES string of the molecule is CC1CCN(C(=O)[C@@H](C)Sc2ncnc3sc4c(c23)CCC4)CC1. The molecule has 0 saturated carbocycles. The second kappa shape index (κ2) is 6.64. The second-order valence-electron chi connectivity index (χ2n) is 6.98. The van der Waals surface area contributed by atoms with Gasteiger partial charge in [0.2, 0.25) is 5.91 Å². The van der Waals surface area contributed by atoms with Gasteiger partial charge in [-0.1, -0.05) is 18.7 Å². The van der Waals surface area contributed by atoms with E-state index < -0.39 is 0 Å². The van der Waals surface area contributed by atoms with Crippen LogP contribution in [0.3, 0.4) is 0 Å². The Kier molecular flexibility index (Phi) is 4.52. The monoisotopic (exact) mass is 361 g/mol. The number of piperidine rings is 1. The highest BCUT2D eigenvalue weighted by molar-refractivity contribution is 8.00. The van der Waals surface area contributed by atoms with E-state index in [0.717, 1.165) is 48.1 Å². The predicted octanol–water partition coefficient (Wildman–Crippen LogP) is 3.92. The third-order valence-corrected chi connectivity index (χ3v) is 7.49. The lowest BCUT2D eigenvalue weighted by Crippen LogP contribution is -2.41.